The zero-order chi connectivity index (χ0) is 22.0. The number of thiocarbonyl (C=S) groups is 1. The van der Waals surface area contributed by atoms with Crippen LogP contribution in [0.1, 0.15) is 31.4 Å². The Hall–Kier alpha value is -3.13. The van der Waals surface area contributed by atoms with Crippen LogP contribution < -0.4 is 19.7 Å². The third-order valence-corrected chi connectivity index (χ3v) is 5.53. The lowest BCUT2D eigenvalue weighted by Crippen LogP contribution is -2.48. The van der Waals surface area contributed by atoms with E-state index in [9.17, 15) is 9.18 Å². The van der Waals surface area contributed by atoms with Crippen molar-refractivity contribution >= 4 is 29.0 Å². The van der Waals surface area contributed by atoms with Crippen molar-refractivity contribution in [3.63, 3.8) is 0 Å². The molecule has 2 aliphatic heterocycles. The standard InChI is InChI=1S/C23H23FN2O4S/c1-3-6-17-20(22(27)28-2)21(15-7-4-5-8-16(15)24)25-23(31)26(17)14-9-10-18-19(13-14)30-12-11-29-18/h4-5,7-10,13,21H,3,6,11-12H2,1-2H3,(H,25,31)/t21-/m1/s1. The number of ether oxygens (including phenoxy) is 3. The van der Waals surface area contributed by atoms with Crippen molar-refractivity contribution in [1.29, 1.82) is 0 Å². The maximum Gasteiger partial charge on any atom is 0.338 e. The molecule has 0 unspecified atom stereocenters. The summed E-state index contributed by atoms with van der Waals surface area (Å²) in [5.74, 6) is 0.310. The van der Waals surface area contributed by atoms with Crippen molar-refractivity contribution in [2.24, 2.45) is 0 Å². The second-order valence-corrected chi connectivity index (χ2v) is 7.56. The van der Waals surface area contributed by atoms with Crippen LogP contribution in [0.2, 0.25) is 0 Å². The molecular weight excluding hydrogens is 419 g/mol. The molecule has 6 nitrogen and oxygen atoms in total. The number of carbonyl (C=O) groups is 1. The lowest BCUT2D eigenvalue weighted by Gasteiger charge is -2.39. The number of fused-ring (bicyclic) bond motifs is 1. The first-order chi connectivity index (χ1) is 15.0. The van der Waals surface area contributed by atoms with E-state index in [-0.39, 0.29) is 0 Å². The van der Waals surface area contributed by atoms with Crippen molar-refractivity contribution in [1.82, 2.24) is 5.32 Å². The fourth-order valence-electron chi connectivity index (χ4n) is 3.89. The molecule has 2 aromatic carbocycles. The highest BCUT2D eigenvalue weighted by Crippen LogP contribution is 2.40. The number of esters is 1. The Bertz CT molecular complexity index is 1060. The molecule has 4 rings (SSSR count). The van der Waals surface area contributed by atoms with Gasteiger partial charge in [0, 0.05) is 17.3 Å². The molecule has 0 saturated heterocycles. The van der Waals surface area contributed by atoms with E-state index in [4.69, 9.17) is 26.4 Å². The number of nitrogens with zero attached hydrogens (tertiary/aromatic N) is 1. The summed E-state index contributed by atoms with van der Waals surface area (Å²) < 4.78 is 31.1. The van der Waals surface area contributed by atoms with Crippen molar-refractivity contribution in [3.05, 3.63) is 65.1 Å². The number of allylic oxidation sites excluding steroid dienone is 1. The minimum atomic E-state index is -0.754. The molecule has 162 valence electrons. The van der Waals surface area contributed by atoms with Gasteiger partial charge in [-0.15, -0.1) is 0 Å². The molecular formula is C23H23FN2O4S. The molecule has 1 N–H and O–H groups in total. The van der Waals surface area contributed by atoms with E-state index in [1.165, 1.54) is 13.2 Å². The smallest absolute Gasteiger partial charge is 0.338 e. The van der Waals surface area contributed by atoms with E-state index in [1.807, 2.05) is 25.1 Å². The molecule has 0 fully saturated rings. The SMILES string of the molecule is CCCC1=C(C(=O)OC)[C@@H](c2ccccc2F)NC(=S)N1c1ccc2c(c1)OCCO2. The highest BCUT2D eigenvalue weighted by atomic mass is 32.1. The van der Waals surface area contributed by atoms with Crippen molar-refractivity contribution < 1.29 is 23.4 Å². The van der Waals surface area contributed by atoms with Gasteiger partial charge >= 0.3 is 5.97 Å². The van der Waals surface area contributed by atoms with Crippen LogP contribution in [0.4, 0.5) is 10.1 Å². The topological polar surface area (TPSA) is 60.0 Å². The average Bonchev–Trinajstić information content (AvgIpc) is 2.78. The van der Waals surface area contributed by atoms with Gasteiger partial charge in [-0.05, 0) is 36.8 Å². The zero-order valence-corrected chi connectivity index (χ0v) is 18.1. The Morgan fingerprint density at radius 3 is 2.68 bits per heavy atom. The monoisotopic (exact) mass is 442 g/mol. The Morgan fingerprint density at radius 2 is 1.97 bits per heavy atom. The number of hydrogen-bond donors (Lipinski definition) is 1. The van der Waals surface area contributed by atoms with Gasteiger partial charge in [-0.1, -0.05) is 31.5 Å². The normalized spacial score (nSPS) is 18.0. The fourth-order valence-corrected chi connectivity index (χ4v) is 4.22. The number of nitrogens with one attached hydrogen (secondary N) is 1. The van der Waals surface area contributed by atoms with Crippen molar-refractivity contribution in [2.45, 2.75) is 25.8 Å². The summed E-state index contributed by atoms with van der Waals surface area (Å²) in [5, 5.41) is 3.50. The van der Waals surface area contributed by atoms with Gasteiger partial charge in [0.2, 0.25) is 0 Å². The van der Waals surface area contributed by atoms with Crippen LogP contribution in [0, 0.1) is 5.82 Å². The molecule has 0 aliphatic carbocycles. The van der Waals surface area contributed by atoms with Gasteiger partial charge in [0.15, 0.2) is 16.6 Å². The number of hydrogen-bond acceptors (Lipinski definition) is 5. The average molecular weight is 443 g/mol. The molecule has 0 amide bonds. The Kier molecular flexibility index (Phi) is 6.08. The van der Waals surface area contributed by atoms with Crippen LogP contribution in [0.3, 0.4) is 0 Å². The number of halogens is 1. The second kappa shape index (κ2) is 8.93. The maximum absolute atomic E-state index is 14.7. The maximum atomic E-state index is 14.7. The third kappa shape index (κ3) is 3.95. The minimum absolute atomic E-state index is 0.331. The molecule has 0 saturated carbocycles. The van der Waals surface area contributed by atoms with Gasteiger partial charge in [0.05, 0.1) is 24.4 Å². The molecule has 0 bridgehead atoms. The third-order valence-electron chi connectivity index (χ3n) is 5.23. The van der Waals surface area contributed by atoms with Crippen LogP contribution in [-0.4, -0.2) is 31.4 Å². The predicted octanol–water partition coefficient (Wildman–Crippen LogP) is 4.26. The van der Waals surface area contributed by atoms with Crippen LogP contribution >= 0.6 is 12.2 Å². The summed E-state index contributed by atoms with van der Waals surface area (Å²) in [5.41, 5.74) is 2.06. The molecule has 1 atom stereocenters. The van der Waals surface area contributed by atoms with E-state index >= 15 is 0 Å². The van der Waals surface area contributed by atoms with Gasteiger partial charge < -0.3 is 19.5 Å². The van der Waals surface area contributed by atoms with Gasteiger partial charge in [0.1, 0.15) is 19.0 Å². The predicted molar refractivity (Wildman–Crippen MR) is 119 cm³/mol. The first-order valence-corrected chi connectivity index (χ1v) is 10.5. The summed E-state index contributed by atoms with van der Waals surface area (Å²) in [4.78, 5) is 14.7. The van der Waals surface area contributed by atoms with Crippen LogP contribution in [-0.2, 0) is 9.53 Å². The molecule has 0 spiro atoms. The summed E-state index contributed by atoms with van der Waals surface area (Å²) in [6, 6.07) is 11.1. The summed E-state index contributed by atoms with van der Waals surface area (Å²) in [7, 11) is 1.32. The molecule has 2 aliphatic rings. The lowest BCUT2D eigenvalue weighted by atomic mass is 9.92. The minimum Gasteiger partial charge on any atom is -0.486 e. The second-order valence-electron chi connectivity index (χ2n) is 7.17. The van der Waals surface area contributed by atoms with Crippen molar-refractivity contribution in [2.75, 3.05) is 25.2 Å². The largest absolute Gasteiger partial charge is 0.486 e. The first kappa shape index (κ1) is 21.1. The summed E-state index contributed by atoms with van der Waals surface area (Å²) in [6.07, 6.45) is 1.30. The highest BCUT2D eigenvalue weighted by molar-refractivity contribution is 7.80. The Labute approximate surface area is 185 Å². The lowest BCUT2D eigenvalue weighted by molar-refractivity contribution is -0.136. The molecule has 2 heterocycles. The molecule has 8 heteroatoms. The van der Waals surface area contributed by atoms with Gasteiger partial charge in [0.25, 0.3) is 0 Å². The van der Waals surface area contributed by atoms with E-state index in [1.54, 1.807) is 23.1 Å². The Morgan fingerprint density at radius 1 is 1.23 bits per heavy atom. The van der Waals surface area contributed by atoms with Gasteiger partial charge in [-0.2, -0.15) is 0 Å². The summed E-state index contributed by atoms with van der Waals surface area (Å²) >= 11 is 5.69. The van der Waals surface area contributed by atoms with Crippen LogP contribution in [0.25, 0.3) is 0 Å². The fraction of sp³-hybridized carbons (Fsp3) is 0.304. The van der Waals surface area contributed by atoms with Gasteiger partial charge in [-0.3, -0.25) is 4.90 Å². The molecule has 31 heavy (non-hydrogen) atoms. The van der Waals surface area contributed by atoms with E-state index < -0.39 is 17.8 Å². The molecule has 2 aromatic rings. The number of rotatable bonds is 5. The van der Waals surface area contributed by atoms with E-state index in [2.05, 4.69) is 5.32 Å². The molecule has 0 aromatic heterocycles. The van der Waals surface area contributed by atoms with Gasteiger partial charge in [-0.25, -0.2) is 9.18 Å². The summed E-state index contributed by atoms with van der Waals surface area (Å²) in [6.45, 7) is 2.96. The number of carbonyl (C=O) groups excluding carboxylic acids is 1. The zero-order valence-electron chi connectivity index (χ0n) is 17.3. The quantitative estimate of drug-likeness (QED) is 0.548. The van der Waals surface area contributed by atoms with Crippen molar-refractivity contribution in [3.8, 4) is 11.5 Å². The van der Waals surface area contributed by atoms with E-state index in [0.717, 1.165) is 12.1 Å². The number of benzene rings is 2. The first-order valence-electron chi connectivity index (χ1n) is 10.1. The van der Waals surface area contributed by atoms with Crippen LogP contribution in [0.15, 0.2) is 53.7 Å². The Balaban J connectivity index is 1.88. The van der Waals surface area contributed by atoms with E-state index in [0.29, 0.717) is 53.1 Å². The number of methoxy groups -OCH3 is 1. The molecule has 0 radical (unpaired) electrons. The van der Waals surface area contributed by atoms with Crippen LogP contribution in [0.5, 0.6) is 11.5 Å². The number of anilines is 1. The highest BCUT2D eigenvalue weighted by Gasteiger charge is 2.38.